The first-order chi connectivity index (χ1) is 15.6. The van der Waals surface area contributed by atoms with Crippen LogP contribution in [0.25, 0.3) is 22.9 Å². The van der Waals surface area contributed by atoms with E-state index in [4.69, 9.17) is 4.98 Å². The lowest BCUT2D eigenvalue weighted by atomic mass is 10.1. The number of aryl methyl sites for hydroxylation is 3. The highest BCUT2D eigenvalue weighted by molar-refractivity contribution is 5.75. The lowest BCUT2D eigenvalue weighted by molar-refractivity contribution is 0.612. The minimum absolute atomic E-state index is 0.178. The summed E-state index contributed by atoms with van der Waals surface area (Å²) in [7, 11) is 0. The number of unbranched alkanes of at least 4 members (excludes halogenated alkanes) is 2. The number of hydrogen-bond donors (Lipinski definition) is 0. The molecule has 0 fully saturated rings. The van der Waals surface area contributed by atoms with Crippen LogP contribution in [-0.4, -0.2) is 43.5 Å². The van der Waals surface area contributed by atoms with Crippen LogP contribution in [0.4, 0.5) is 0 Å². The average Bonchev–Trinajstić information content (AvgIpc) is 3.52. The van der Waals surface area contributed by atoms with Gasteiger partial charge in [0.25, 0.3) is 5.56 Å². The number of benzene rings is 1. The second kappa shape index (κ2) is 8.03. The van der Waals surface area contributed by atoms with Crippen LogP contribution in [0, 0.1) is 13.8 Å². The van der Waals surface area contributed by atoms with Crippen LogP contribution in [0.2, 0.25) is 0 Å². The van der Waals surface area contributed by atoms with Crippen LogP contribution in [0.1, 0.15) is 43.1 Å². The van der Waals surface area contributed by atoms with Gasteiger partial charge in [0, 0.05) is 6.54 Å². The lowest BCUT2D eigenvalue weighted by Crippen LogP contribution is -2.22. The van der Waals surface area contributed by atoms with E-state index in [1.807, 2.05) is 9.13 Å². The molecule has 0 saturated heterocycles. The van der Waals surface area contributed by atoms with Gasteiger partial charge in [0.05, 0.1) is 6.54 Å². The summed E-state index contributed by atoms with van der Waals surface area (Å²) in [4.78, 5) is 18.6. The maximum absolute atomic E-state index is 13.7. The molecule has 10 nitrogen and oxygen atoms in total. The van der Waals surface area contributed by atoms with Crippen molar-refractivity contribution in [2.24, 2.45) is 0 Å². The molecule has 4 aromatic heterocycles. The van der Waals surface area contributed by atoms with Crippen molar-refractivity contribution < 1.29 is 0 Å². The van der Waals surface area contributed by atoms with E-state index >= 15 is 0 Å². The number of hydrogen-bond acceptors (Lipinski definition) is 6. The van der Waals surface area contributed by atoms with Crippen molar-refractivity contribution in [2.45, 2.75) is 53.1 Å². The van der Waals surface area contributed by atoms with Crippen molar-refractivity contribution in [1.82, 2.24) is 43.5 Å². The van der Waals surface area contributed by atoms with Gasteiger partial charge in [-0.3, -0.25) is 18.5 Å². The number of aromatic nitrogens is 9. The van der Waals surface area contributed by atoms with Crippen molar-refractivity contribution in [3.63, 3.8) is 0 Å². The Balaban J connectivity index is 1.81. The van der Waals surface area contributed by atoms with Crippen molar-refractivity contribution >= 4 is 16.9 Å². The summed E-state index contributed by atoms with van der Waals surface area (Å²) in [6, 6.07) is 8.27. The Morgan fingerprint density at radius 2 is 1.69 bits per heavy atom. The average molecular weight is 432 g/mol. The molecule has 164 valence electrons. The second-order valence-corrected chi connectivity index (χ2v) is 8.07. The number of rotatable bonds is 7. The normalized spacial score (nSPS) is 11.7. The van der Waals surface area contributed by atoms with Crippen LogP contribution in [0.15, 0.2) is 41.7 Å². The summed E-state index contributed by atoms with van der Waals surface area (Å²) in [5, 5.41) is 16.4. The topological polar surface area (TPSA) is 101 Å². The van der Waals surface area contributed by atoms with Gasteiger partial charge in [0.1, 0.15) is 18.5 Å². The van der Waals surface area contributed by atoms with Crippen LogP contribution >= 0.6 is 0 Å². The Morgan fingerprint density at radius 3 is 2.41 bits per heavy atom. The Labute approximate surface area is 184 Å². The fraction of sp³-hybridized carbons (Fsp3) is 0.364. The first-order valence-corrected chi connectivity index (χ1v) is 10.8. The zero-order valence-corrected chi connectivity index (χ0v) is 18.4. The number of fused-ring (bicyclic) bond motifs is 2. The van der Waals surface area contributed by atoms with Crippen molar-refractivity contribution in [3.8, 4) is 5.95 Å². The molecule has 5 rings (SSSR count). The van der Waals surface area contributed by atoms with E-state index in [1.165, 1.54) is 5.56 Å². The third kappa shape index (κ3) is 3.28. The van der Waals surface area contributed by atoms with E-state index in [-0.39, 0.29) is 5.56 Å². The van der Waals surface area contributed by atoms with E-state index < -0.39 is 0 Å². The summed E-state index contributed by atoms with van der Waals surface area (Å²) < 4.78 is 7.25. The molecular weight excluding hydrogens is 406 g/mol. The second-order valence-electron chi connectivity index (χ2n) is 8.07. The molecule has 5 aromatic rings. The predicted molar refractivity (Wildman–Crippen MR) is 120 cm³/mol. The molecule has 10 heteroatoms. The Kier molecular flexibility index (Phi) is 5.04. The summed E-state index contributed by atoms with van der Waals surface area (Å²) in [6.07, 6.45) is 6.32. The molecule has 0 radical (unpaired) electrons. The minimum atomic E-state index is -0.178. The molecule has 0 spiro atoms. The van der Waals surface area contributed by atoms with Crippen molar-refractivity contribution in [3.05, 3.63) is 64.2 Å². The number of nitrogens with zero attached hydrogens (tertiary/aromatic N) is 9. The third-order valence-corrected chi connectivity index (χ3v) is 5.74. The van der Waals surface area contributed by atoms with E-state index in [9.17, 15) is 4.79 Å². The van der Waals surface area contributed by atoms with Gasteiger partial charge >= 0.3 is 0 Å². The fourth-order valence-electron chi connectivity index (χ4n) is 4.05. The highest BCUT2D eigenvalue weighted by Gasteiger charge is 2.23. The standard InChI is InChI=1S/C22H25N9O/c1-4-5-6-11-29-19-18(20(32)31-16(3)26-27-22(29)31)30(12-17-9-7-15(2)8-10-17)21(25-19)28-13-23-24-14-28/h7-10,13-14H,4-6,11-12H2,1-3H3. The van der Waals surface area contributed by atoms with Gasteiger partial charge in [-0.2, -0.15) is 4.98 Å². The van der Waals surface area contributed by atoms with Crippen LogP contribution < -0.4 is 5.56 Å². The highest BCUT2D eigenvalue weighted by Crippen LogP contribution is 2.21. The molecule has 0 atom stereocenters. The summed E-state index contributed by atoms with van der Waals surface area (Å²) in [5.41, 5.74) is 3.19. The molecule has 0 aliphatic rings. The molecule has 0 saturated carbocycles. The summed E-state index contributed by atoms with van der Waals surface area (Å²) in [5.74, 6) is 1.67. The van der Waals surface area contributed by atoms with Crippen LogP contribution in [0.3, 0.4) is 0 Å². The molecule has 4 heterocycles. The molecule has 0 aliphatic carbocycles. The van der Waals surface area contributed by atoms with Crippen molar-refractivity contribution in [1.29, 1.82) is 0 Å². The van der Waals surface area contributed by atoms with Gasteiger partial charge in [-0.1, -0.05) is 49.6 Å². The Morgan fingerprint density at radius 1 is 0.938 bits per heavy atom. The summed E-state index contributed by atoms with van der Waals surface area (Å²) in [6.45, 7) is 7.21. The zero-order valence-electron chi connectivity index (χ0n) is 18.4. The minimum Gasteiger partial charge on any atom is -0.299 e. The molecule has 0 aliphatic heterocycles. The predicted octanol–water partition coefficient (Wildman–Crippen LogP) is 2.68. The zero-order chi connectivity index (χ0) is 22.2. The fourth-order valence-corrected chi connectivity index (χ4v) is 4.05. The maximum atomic E-state index is 13.7. The molecule has 0 N–H and O–H groups in total. The van der Waals surface area contributed by atoms with Crippen LogP contribution in [0.5, 0.6) is 0 Å². The van der Waals surface area contributed by atoms with Gasteiger partial charge in [-0.25, -0.2) is 4.40 Å². The monoisotopic (exact) mass is 431 g/mol. The van der Waals surface area contributed by atoms with Gasteiger partial charge in [-0.05, 0) is 25.8 Å². The van der Waals surface area contributed by atoms with E-state index in [0.717, 1.165) is 24.8 Å². The molecule has 0 unspecified atom stereocenters. The van der Waals surface area contributed by atoms with E-state index in [2.05, 4.69) is 58.5 Å². The van der Waals surface area contributed by atoms with Gasteiger partial charge in [0.2, 0.25) is 11.7 Å². The molecule has 0 bridgehead atoms. The van der Waals surface area contributed by atoms with Crippen LogP contribution in [-0.2, 0) is 13.1 Å². The molecular formula is C22H25N9O. The van der Waals surface area contributed by atoms with Gasteiger partial charge in [-0.15, -0.1) is 20.4 Å². The Bertz CT molecular complexity index is 1440. The highest BCUT2D eigenvalue weighted by atomic mass is 16.1. The maximum Gasteiger partial charge on any atom is 0.286 e. The van der Waals surface area contributed by atoms with Gasteiger partial charge < -0.3 is 0 Å². The third-order valence-electron chi connectivity index (χ3n) is 5.74. The number of imidazole rings is 1. The molecule has 0 amide bonds. The molecule has 1 aromatic carbocycles. The first-order valence-electron chi connectivity index (χ1n) is 10.8. The Hall–Kier alpha value is -3.82. The molecule has 32 heavy (non-hydrogen) atoms. The van der Waals surface area contributed by atoms with Crippen molar-refractivity contribution in [2.75, 3.05) is 0 Å². The smallest absolute Gasteiger partial charge is 0.286 e. The SMILES string of the molecule is CCCCCn1c2nc(-n3cnnc3)n(Cc3ccc(C)cc3)c2c(=O)n2c(C)nnc12. The first kappa shape index (κ1) is 20.1. The van der Waals surface area contributed by atoms with Gasteiger partial charge in [0.15, 0.2) is 11.2 Å². The van der Waals surface area contributed by atoms with E-state index in [0.29, 0.717) is 41.8 Å². The lowest BCUT2D eigenvalue weighted by Gasteiger charge is -2.11. The van der Waals surface area contributed by atoms with E-state index in [1.54, 1.807) is 28.5 Å². The summed E-state index contributed by atoms with van der Waals surface area (Å²) >= 11 is 0. The quantitative estimate of drug-likeness (QED) is 0.367. The largest absolute Gasteiger partial charge is 0.299 e.